The standard InChI is InChI=1S/C7H12F3NO2/c1-4(2)5(3-12)11-6(13)7(8,9)10/h4-5,12H,3H2,1-2H3,(H,11,13)/t5-/m1/s1. The molecule has 0 aliphatic rings. The fourth-order valence-electron chi connectivity index (χ4n) is 0.673. The molecule has 0 fully saturated rings. The molecule has 3 nitrogen and oxygen atoms in total. The third kappa shape index (κ3) is 4.12. The first-order chi connectivity index (χ1) is 5.79. The molecule has 6 heteroatoms. The molecule has 0 aliphatic carbocycles. The molecule has 0 spiro atoms. The van der Waals surface area contributed by atoms with E-state index >= 15 is 0 Å². The monoisotopic (exact) mass is 199 g/mol. The van der Waals surface area contributed by atoms with Gasteiger partial charge in [-0.3, -0.25) is 4.79 Å². The SMILES string of the molecule is CC(C)[C@@H](CO)NC(=O)C(F)(F)F. The van der Waals surface area contributed by atoms with Crippen molar-refractivity contribution in [2.24, 2.45) is 5.92 Å². The largest absolute Gasteiger partial charge is 0.471 e. The molecule has 1 atom stereocenters. The van der Waals surface area contributed by atoms with Crippen LogP contribution in [0.1, 0.15) is 13.8 Å². The molecule has 78 valence electrons. The van der Waals surface area contributed by atoms with Gasteiger partial charge in [-0.05, 0) is 5.92 Å². The molecular formula is C7H12F3NO2. The van der Waals surface area contributed by atoms with Crippen molar-refractivity contribution >= 4 is 5.91 Å². The molecule has 1 amide bonds. The second-order valence-electron chi connectivity index (χ2n) is 3.00. The summed E-state index contributed by atoms with van der Waals surface area (Å²) >= 11 is 0. The number of aliphatic hydroxyl groups excluding tert-OH is 1. The van der Waals surface area contributed by atoms with Crippen molar-refractivity contribution in [1.29, 1.82) is 0 Å². The lowest BCUT2D eigenvalue weighted by atomic mass is 10.1. The maximum atomic E-state index is 11.7. The summed E-state index contributed by atoms with van der Waals surface area (Å²) in [5.41, 5.74) is 0. The van der Waals surface area contributed by atoms with Gasteiger partial charge in [0.15, 0.2) is 0 Å². The maximum absolute atomic E-state index is 11.7. The van der Waals surface area contributed by atoms with Crippen molar-refractivity contribution in [3.8, 4) is 0 Å². The number of hydrogen-bond acceptors (Lipinski definition) is 2. The Labute approximate surface area is 73.9 Å². The van der Waals surface area contributed by atoms with E-state index in [4.69, 9.17) is 5.11 Å². The molecule has 0 rings (SSSR count). The minimum Gasteiger partial charge on any atom is -0.394 e. The van der Waals surface area contributed by atoms with E-state index < -0.39 is 24.7 Å². The molecule has 0 aliphatic heterocycles. The van der Waals surface area contributed by atoms with E-state index in [0.717, 1.165) is 0 Å². The highest BCUT2D eigenvalue weighted by atomic mass is 19.4. The van der Waals surface area contributed by atoms with E-state index in [1.165, 1.54) is 0 Å². The van der Waals surface area contributed by atoms with Gasteiger partial charge in [0, 0.05) is 0 Å². The van der Waals surface area contributed by atoms with Gasteiger partial charge < -0.3 is 10.4 Å². The number of hydrogen-bond donors (Lipinski definition) is 2. The topological polar surface area (TPSA) is 49.3 Å². The number of amides is 1. The first kappa shape index (κ1) is 12.2. The molecule has 0 saturated heterocycles. The number of carbonyl (C=O) groups excluding carboxylic acids is 1. The number of halogens is 3. The van der Waals surface area contributed by atoms with Crippen molar-refractivity contribution in [2.45, 2.75) is 26.1 Å². The van der Waals surface area contributed by atoms with Gasteiger partial charge in [0.25, 0.3) is 0 Å². The minimum atomic E-state index is -4.89. The Hall–Kier alpha value is -0.780. The van der Waals surface area contributed by atoms with Crippen molar-refractivity contribution in [3.05, 3.63) is 0 Å². The van der Waals surface area contributed by atoms with Gasteiger partial charge >= 0.3 is 12.1 Å². The highest BCUT2D eigenvalue weighted by molar-refractivity contribution is 5.81. The first-order valence-electron chi connectivity index (χ1n) is 3.77. The van der Waals surface area contributed by atoms with E-state index in [9.17, 15) is 18.0 Å². The lowest BCUT2D eigenvalue weighted by Gasteiger charge is -2.20. The fourth-order valence-corrected chi connectivity index (χ4v) is 0.673. The molecular weight excluding hydrogens is 187 g/mol. The Kier molecular flexibility index (Phi) is 4.19. The summed E-state index contributed by atoms with van der Waals surface area (Å²) in [7, 11) is 0. The fraction of sp³-hybridized carbons (Fsp3) is 0.857. The third-order valence-electron chi connectivity index (χ3n) is 1.58. The highest BCUT2D eigenvalue weighted by Crippen LogP contribution is 2.15. The molecule has 0 aromatic rings. The Morgan fingerprint density at radius 3 is 2.15 bits per heavy atom. The Morgan fingerprint density at radius 1 is 1.46 bits per heavy atom. The van der Waals surface area contributed by atoms with Crippen LogP contribution in [0.5, 0.6) is 0 Å². The molecule has 0 radical (unpaired) electrons. The summed E-state index contributed by atoms with van der Waals surface area (Å²) in [6, 6.07) is -0.853. The predicted octanol–water partition coefficient (Wildman–Crippen LogP) is 0.682. The second-order valence-corrected chi connectivity index (χ2v) is 3.00. The molecule has 2 N–H and O–H groups in total. The van der Waals surface area contributed by atoms with Crippen molar-refractivity contribution in [2.75, 3.05) is 6.61 Å². The normalized spacial score (nSPS) is 14.4. The summed E-state index contributed by atoms with van der Waals surface area (Å²) in [6.07, 6.45) is -4.89. The van der Waals surface area contributed by atoms with E-state index in [2.05, 4.69) is 0 Å². The zero-order valence-corrected chi connectivity index (χ0v) is 7.35. The van der Waals surface area contributed by atoms with Gasteiger partial charge in [0.05, 0.1) is 12.6 Å². The summed E-state index contributed by atoms with van der Waals surface area (Å²) in [4.78, 5) is 10.4. The second kappa shape index (κ2) is 4.45. The zero-order valence-electron chi connectivity index (χ0n) is 7.35. The van der Waals surface area contributed by atoms with Crippen LogP contribution in [0.2, 0.25) is 0 Å². The highest BCUT2D eigenvalue weighted by Gasteiger charge is 2.39. The van der Waals surface area contributed by atoms with Gasteiger partial charge in [-0.15, -0.1) is 0 Å². The predicted molar refractivity (Wildman–Crippen MR) is 39.9 cm³/mol. The van der Waals surface area contributed by atoms with Crippen LogP contribution in [0.3, 0.4) is 0 Å². The Balaban J connectivity index is 4.18. The summed E-state index contributed by atoms with van der Waals surface area (Å²) in [5, 5.41) is 10.3. The van der Waals surface area contributed by atoms with E-state index in [-0.39, 0.29) is 5.92 Å². The summed E-state index contributed by atoms with van der Waals surface area (Å²) < 4.78 is 35.1. The lowest BCUT2D eigenvalue weighted by Crippen LogP contribution is -2.47. The molecule has 0 unspecified atom stereocenters. The van der Waals surface area contributed by atoms with Gasteiger partial charge in [0.1, 0.15) is 0 Å². The summed E-state index contributed by atoms with van der Waals surface area (Å²) in [6.45, 7) is 2.72. The van der Waals surface area contributed by atoms with E-state index in [1.54, 1.807) is 19.2 Å². The van der Waals surface area contributed by atoms with Gasteiger partial charge in [0.2, 0.25) is 0 Å². The van der Waals surface area contributed by atoms with Crippen LogP contribution >= 0.6 is 0 Å². The maximum Gasteiger partial charge on any atom is 0.471 e. The quantitative estimate of drug-likeness (QED) is 0.702. The molecule has 13 heavy (non-hydrogen) atoms. The minimum absolute atomic E-state index is 0.240. The van der Waals surface area contributed by atoms with Crippen molar-refractivity contribution < 1.29 is 23.1 Å². The zero-order chi connectivity index (χ0) is 10.6. The number of aliphatic hydroxyl groups is 1. The van der Waals surface area contributed by atoms with Gasteiger partial charge in [-0.1, -0.05) is 13.8 Å². The molecule has 0 saturated carbocycles. The van der Waals surface area contributed by atoms with E-state index in [0.29, 0.717) is 0 Å². The number of alkyl halides is 3. The van der Waals surface area contributed by atoms with Crippen LogP contribution < -0.4 is 5.32 Å². The average Bonchev–Trinajstić information content (AvgIpc) is 1.96. The van der Waals surface area contributed by atoms with Gasteiger partial charge in [-0.2, -0.15) is 13.2 Å². The first-order valence-corrected chi connectivity index (χ1v) is 3.77. The van der Waals surface area contributed by atoms with E-state index in [1.807, 2.05) is 0 Å². The van der Waals surface area contributed by atoms with Crippen LogP contribution in [0.4, 0.5) is 13.2 Å². The third-order valence-corrected chi connectivity index (χ3v) is 1.58. The molecule has 0 bridgehead atoms. The summed E-state index contributed by atoms with van der Waals surface area (Å²) in [5.74, 6) is -2.25. The Bertz CT molecular complexity index is 179. The molecule has 0 heterocycles. The number of carbonyl (C=O) groups is 1. The van der Waals surface area contributed by atoms with Crippen molar-refractivity contribution in [3.63, 3.8) is 0 Å². The van der Waals surface area contributed by atoms with Gasteiger partial charge in [-0.25, -0.2) is 0 Å². The molecule has 0 aromatic carbocycles. The molecule has 0 aromatic heterocycles. The van der Waals surface area contributed by atoms with Crippen LogP contribution in [0, 0.1) is 5.92 Å². The number of nitrogens with one attached hydrogen (secondary N) is 1. The van der Waals surface area contributed by atoms with Crippen LogP contribution in [0.15, 0.2) is 0 Å². The van der Waals surface area contributed by atoms with Crippen LogP contribution in [0.25, 0.3) is 0 Å². The van der Waals surface area contributed by atoms with Crippen molar-refractivity contribution in [1.82, 2.24) is 5.32 Å². The lowest BCUT2D eigenvalue weighted by molar-refractivity contribution is -0.175. The van der Waals surface area contributed by atoms with Crippen LogP contribution in [-0.2, 0) is 4.79 Å². The average molecular weight is 199 g/mol. The van der Waals surface area contributed by atoms with Crippen LogP contribution in [-0.4, -0.2) is 29.8 Å². The Morgan fingerprint density at radius 2 is 1.92 bits per heavy atom. The smallest absolute Gasteiger partial charge is 0.394 e. The number of rotatable bonds is 3.